The monoisotopic (exact) mass is 344 g/mol. The highest BCUT2D eigenvalue weighted by molar-refractivity contribution is 5.73. The Labute approximate surface area is 149 Å². The molecule has 0 radical (unpaired) electrons. The summed E-state index contributed by atoms with van der Waals surface area (Å²) in [5.74, 6) is 0. The molecule has 0 spiro atoms. The zero-order chi connectivity index (χ0) is 18.1. The SMILES string of the molecule is CCOCc1ccc(CNC(=O)NCCCn2nc(C)cc2C)cc1. The first kappa shape index (κ1) is 19.0. The van der Waals surface area contributed by atoms with Crippen LogP contribution in [0.1, 0.15) is 35.9 Å². The number of carbonyl (C=O) groups is 1. The van der Waals surface area contributed by atoms with Crippen LogP contribution in [0, 0.1) is 13.8 Å². The summed E-state index contributed by atoms with van der Waals surface area (Å²) < 4.78 is 7.34. The van der Waals surface area contributed by atoms with Crippen LogP contribution >= 0.6 is 0 Å². The summed E-state index contributed by atoms with van der Waals surface area (Å²) in [4.78, 5) is 11.8. The van der Waals surface area contributed by atoms with Crippen molar-refractivity contribution in [1.29, 1.82) is 0 Å². The molecule has 0 bridgehead atoms. The number of hydrogen-bond acceptors (Lipinski definition) is 3. The molecule has 0 saturated carbocycles. The van der Waals surface area contributed by atoms with E-state index in [-0.39, 0.29) is 6.03 Å². The molecule has 0 aliphatic rings. The number of amides is 2. The molecule has 1 heterocycles. The number of nitrogens with one attached hydrogen (secondary N) is 2. The third kappa shape index (κ3) is 6.58. The van der Waals surface area contributed by atoms with Crippen molar-refractivity contribution in [3.63, 3.8) is 0 Å². The van der Waals surface area contributed by atoms with E-state index >= 15 is 0 Å². The maximum Gasteiger partial charge on any atom is 0.315 e. The van der Waals surface area contributed by atoms with Gasteiger partial charge in [0.1, 0.15) is 0 Å². The summed E-state index contributed by atoms with van der Waals surface area (Å²) >= 11 is 0. The van der Waals surface area contributed by atoms with Gasteiger partial charge in [0.2, 0.25) is 0 Å². The van der Waals surface area contributed by atoms with Crippen molar-refractivity contribution in [2.24, 2.45) is 0 Å². The van der Waals surface area contributed by atoms with Gasteiger partial charge in [0.25, 0.3) is 0 Å². The molecule has 0 fully saturated rings. The van der Waals surface area contributed by atoms with Gasteiger partial charge in [-0.3, -0.25) is 4.68 Å². The van der Waals surface area contributed by atoms with Crippen molar-refractivity contribution < 1.29 is 9.53 Å². The quantitative estimate of drug-likeness (QED) is 0.687. The zero-order valence-corrected chi connectivity index (χ0v) is 15.3. The number of hydrogen-bond donors (Lipinski definition) is 2. The predicted octanol–water partition coefficient (Wildman–Crippen LogP) is 2.93. The van der Waals surface area contributed by atoms with Crippen LogP contribution in [0.25, 0.3) is 0 Å². The summed E-state index contributed by atoms with van der Waals surface area (Å²) in [5.41, 5.74) is 4.38. The largest absolute Gasteiger partial charge is 0.377 e. The molecule has 6 nitrogen and oxygen atoms in total. The van der Waals surface area contributed by atoms with E-state index in [0.29, 0.717) is 26.3 Å². The van der Waals surface area contributed by atoms with Crippen molar-refractivity contribution in [3.05, 3.63) is 52.8 Å². The van der Waals surface area contributed by atoms with Crippen molar-refractivity contribution in [2.75, 3.05) is 13.2 Å². The van der Waals surface area contributed by atoms with E-state index in [4.69, 9.17) is 4.74 Å². The average molecular weight is 344 g/mol. The minimum Gasteiger partial charge on any atom is -0.377 e. The van der Waals surface area contributed by atoms with Gasteiger partial charge in [-0.15, -0.1) is 0 Å². The van der Waals surface area contributed by atoms with Gasteiger partial charge < -0.3 is 15.4 Å². The lowest BCUT2D eigenvalue weighted by Crippen LogP contribution is -2.35. The summed E-state index contributed by atoms with van der Waals surface area (Å²) in [5, 5.41) is 10.2. The number of nitrogens with zero attached hydrogens (tertiary/aromatic N) is 2. The molecule has 0 unspecified atom stereocenters. The van der Waals surface area contributed by atoms with Crippen LogP contribution < -0.4 is 10.6 Å². The fraction of sp³-hybridized carbons (Fsp3) is 0.474. The lowest BCUT2D eigenvalue weighted by Gasteiger charge is -2.09. The molecule has 0 aliphatic heterocycles. The van der Waals surface area contributed by atoms with E-state index in [1.807, 2.05) is 49.7 Å². The molecule has 2 N–H and O–H groups in total. The van der Waals surface area contributed by atoms with Gasteiger partial charge in [0.05, 0.1) is 12.3 Å². The topological polar surface area (TPSA) is 68.2 Å². The van der Waals surface area contributed by atoms with Crippen LogP contribution in [-0.4, -0.2) is 29.0 Å². The van der Waals surface area contributed by atoms with E-state index in [9.17, 15) is 4.79 Å². The molecule has 0 atom stereocenters. The van der Waals surface area contributed by atoms with Crippen LogP contribution in [0.15, 0.2) is 30.3 Å². The second kappa shape index (κ2) is 9.84. The van der Waals surface area contributed by atoms with E-state index in [0.717, 1.165) is 35.5 Å². The third-order valence-electron chi connectivity index (χ3n) is 3.88. The second-order valence-electron chi connectivity index (χ2n) is 6.07. The van der Waals surface area contributed by atoms with Gasteiger partial charge in [-0.25, -0.2) is 4.79 Å². The highest BCUT2D eigenvalue weighted by atomic mass is 16.5. The van der Waals surface area contributed by atoms with Crippen molar-refractivity contribution in [1.82, 2.24) is 20.4 Å². The Hall–Kier alpha value is -2.34. The average Bonchev–Trinajstić information content (AvgIpc) is 2.93. The van der Waals surface area contributed by atoms with Crippen LogP contribution in [0.5, 0.6) is 0 Å². The zero-order valence-electron chi connectivity index (χ0n) is 15.3. The maximum absolute atomic E-state index is 11.8. The first-order valence-corrected chi connectivity index (χ1v) is 8.76. The predicted molar refractivity (Wildman–Crippen MR) is 98.3 cm³/mol. The first-order valence-electron chi connectivity index (χ1n) is 8.76. The Morgan fingerprint density at radius 2 is 1.88 bits per heavy atom. The molecule has 0 saturated heterocycles. The summed E-state index contributed by atoms with van der Waals surface area (Å²) in [6.45, 7) is 9.28. The highest BCUT2D eigenvalue weighted by Gasteiger charge is 2.03. The minimum atomic E-state index is -0.147. The van der Waals surface area contributed by atoms with Gasteiger partial charge in [0.15, 0.2) is 0 Å². The van der Waals surface area contributed by atoms with Gasteiger partial charge in [-0.05, 0) is 44.4 Å². The number of urea groups is 1. The number of rotatable bonds is 9. The molecule has 2 aromatic rings. The number of aryl methyl sites for hydroxylation is 3. The summed E-state index contributed by atoms with van der Waals surface area (Å²) in [7, 11) is 0. The van der Waals surface area contributed by atoms with Crippen LogP contribution in [0.3, 0.4) is 0 Å². The van der Waals surface area contributed by atoms with E-state index in [1.165, 1.54) is 0 Å². The molecule has 1 aromatic carbocycles. The molecule has 25 heavy (non-hydrogen) atoms. The summed E-state index contributed by atoms with van der Waals surface area (Å²) in [6, 6.07) is 9.99. The fourth-order valence-corrected chi connectivity index (χ4v) is 2.55. The Bertz CT molecular complexity index is 665. The van der Waals surface area contributed by atoms with Crippen LogP contribution in [0.2, 0.25) is 0 Å². The van der Waals surface area contributed by atoms with Crippen molar-refractivity contribution in [3.8, 4) is 0 Å². The minimum absolute atomic E-state index is 0.147. The van der Waals surface area contributed by atoms with Crippen molar-refractivity contribution in [2.45, 2.75) is 46.9 Å². The van der Waals surface area contributed by atoms with Crippen LogP contribution in [-0.2, 0) is 24.4 Å². The van der Waals surface area contributed by atoms with Gasteiger partial charge in [0, 0.05) is 31.9 Å². The fourth-order valence-electron chi connectivity index (χ4n) is 2.55. The normalized spacial score (nSPS) is 10.7. The first-order chi connectivity index (χ1) is 12.1. The Balaban J connectivity index is 1.62. The molecule has 1 aromatic heterocycles. The lowest BCUT2D eigenvalue weighted by atomic mass is 10.1. The highest BCUT2D eigenvalue weighted by Crippen LogP contribution is 2.06. The molecule has 6 heteroatoms. The van der Waals surface area contributed by atoms with Gasteiger partial charge >= 0.3 is 6.03 Å². The van der Waals surface area contributed by atoms with Crippen molar-refractivity contribution >= 4 is 6.03 Å². The van der Waals surface area contributed by atoms with E-state index in [2.05, 4.69) is 21.8 Å². The van der Waals surface area contributed by atoms with Crippen LogP contribution in [0.4, 0.5) is 4.79 Å². The molecule has 2 rings (SSSR count). The number of benzene rings is 1. The maximum atomic E-state index is 11.8. The van der Waals surface area contributed by atoms with E-state index in [1.54, 1.807) is 0 Å². The van der Waals surface area contributed by atoms with Gasteiger partial charge in [-0.2, -0.15) is 5.10 Å². The molecule has 136 valence electrons. The standard InChI is InChI=1S/C19H28N4O2/c1-4-25-14-18-8-6-17(7-9-18)13-21-19(24)20-10-5-11-23-16(3)12-15(2)22-23/h6-9,12H,4-5,10-11,13-14H2,1-3H3,(H2,20,21,24). The number of ether oxygens (including phenoxy) is 1. The Morgan fingerprint density at radius 1 is 1.16 bits per heavy atom. The second-order valence-corrected chi connectivity index (χ2v) is 6.07. The van der Waals surface area contributed by atoms with E-state index < -0.39 is 0 Å². The number of carbonyl (C=O) groups excluding carboxylic acids is 1. The Kier molecular flexibility index (Phi) is 7.47. The smallest absolute Gasteiger partial charge is 0.315 e. The molecule has 2 amide bonds. The lowest BCUT2D eigenvalue weighted by molar-refractivity contribution is 0.134. The molecule has 0 aliphatic carbocycles. The molecular formula is C19H28N4O2. The van der Waals surface area contributed by atoms with Gasteiger partial charge in [-0.1, -0.05) is 24.3 Å². The number of aromatic nitrogens is 2. The third-order valence-corrected chi connectivity index (χ3v) is 3.88. The summed E-state index contributed by atoms with van der Waals surface area (Å²) in [6.07, 6.45) is 0.849. The molecular weight excluding hydrogens is 316 g/mol. The Morgan fingerprint density at radius 3 is 2.52 bits per heavy atom.